The van der Waals surface area contributed by atoms with E-state index in [9.17, 15) is 18.7 Å². The first kappa shape index (κ1) is 19.3. The summed E-state index contributed by atoms with van der Waals surface area (Å²) in [4.78, 5) is 15.1. The predicted molar refractivity (Wildman–Crippen MR) is 99.6 cm³/mol. The molecular weight excluding hydrogens is 350 g/mol. The van der Waals surface area contributed by atoms with E-state index in [1.165, 1.54) is 29.2 Å². The van der Waals surface area contributed by atoms with E-state index in [-0.39, 0.29) is 29.6 Å². The van der Waals surface area contributed by atoms with Gasteiger partial charge in [0.2, 0.25) is 0 Å². The van der Waals surface area contributed by atoms with Gasteiger partial charge in [-0.05, 0) is 41.3 Å². The average Bonchev–Trinajstić information content (AvgIpc) is 2.65. The zero-order chi connectivity index (χ0) is 19.6. The summed E-state index contributed by atoms with van der Waals surface area (Å²) in [6, 6.07) is 12.4. The maximum Gasteiger partial charge on any atom is 0.407 e. The van der Waals surface area contributed by atoms with E-state index in [2.05, 4.69) is 18.7 Å². The van der Waals surface area contributed by atoms with Crippen molar-refractivity contribution in [1.82, 2.24) is 9.80 Å². The monoisotopic (exact) mass is 374 g/mol. The second-order valence-electron chi connectivity index (χ2n) is 7.28. The molecule has 1 fully saturated rings. The van der Waals surface area contributed by atoms with Crippen LogP contribution in [0.5, 0.6) is 0 Å². The first-order valence-electron chi connectivity index (χ1n) is 9.11. The van der Waals surface area contributed by atoms with Gasteiger partial charge in [-0.15, -0.1) is 0 Å². The summed E-state index contributed by atoms with van der Waals surface area (Å²) in [6.45, 7) is 5.49. The number of piperazine rings is 1. The molecule has 0 spiro atoms. The number of benzene rings is 2. The van der Waals surface area contributed by atoms with Crippen molar-refractivity contribution in [1.29, 1.82) is 0 Å². The maximum atomic E-state index is 13.5. The van der Waals surface area contributed by atoms with E-state index in [4.69, 9.17) is 0 Å². The average molecular weight is 374 g/mol. The van der Waals surface area contributed by atoms with Crippen LogP contribution in [0, 0.1) is 17.6 Å². The van der Waals surface area contributed by atoms with Crippen molar-refractivity contribution < 1.29 is 18.7 Å². The van der Waals surface area contributed by atoms with Gasteiger partial charge in [0.1, 0.15) is 11.6 Å². The molecule has 1 saturated heterocycles. The maximum absolute atomic E-state index is 13.5. The highest BCUT2D eigenvalue weighted by Gasteiger charge is 2.36. The Labute approximate surface area is 158 Å². The Morgan fingerprint density at radius 1 is 0.963 bits per heavy atom. The summed E-state index contributed by atoms with van der Waals surface area (Å²) in [6.07, 6.45) is -0.916. The van der Waals surface area contributed by atoms with Crippen molar-refractivity contribution in [3.8, 4) is 0 Å². The Kier molecular flexibility index (Phi) is 5.75. The van der Waals surface area contributed by atoms with Crippen LogP contribution in [0.1, 0.15) is 31.0 Å². The number of carbonyl (C=O) groups is 1. The molecule has 0 aromatic heterocycles. The highest BCUT2D eigenvalue weighted by molar-refractivity contribution is 5.65. The topological polar surface area (TPSA) is 43.8 Å². The smallest absolute Gasteiger partial charge is 0.407 e. The molecule has 0 saturated carbocycles. The minimum absolute atomic E-state index is 0.00467. The van der Waals surface area contributed by atoms with Gasteiger partial charge in [0, 0.05) is 25.7 Å². The van der Waals surface area contributed by atoms with Crippen molar-refractivity contribution in [2.24, 2.45) is 5.92 Å². The molecule has 6 heteroatoms. The molecule has 3 rings (SSSR count). The Balaban J connectivity index is 2.02. The quantitative estimate of drug-likeness (QED) is 0.864. The van der Waals surface area contributed by atoms with Gasteiger partial charge >= 0.3 is 6.09 Å². The molecule has 1 atom stereocenters. The molecule has 0 unspecified atom stereocenters. The third kappa shape index (κ3) is 4.27. The summed E-state index contributed by atoms with van der Waals surface area (Å²) in [7, 11) is 0. The molecule has 144 valence electrons. The van der Waals surface area contributed by atoms with E-state index >= 15 is 0 Å². The molecule has 1 amide bonds. The van der Waals surface area contributed by atoms with Crippen LogP contribution in [0.25, 0.3) is 0 Å². The molecule has 4 nitrogen and oxygen atoms in total. The largest absolute Gasteiger partial charge is 0.465 e. The highest BCUT2D eigenvalue weighted by atomic mass is 19.1. The lowest BCUT2D eigenvalue weighted by Crippen LogP contribution is -2.57. The van der Waals surface area contributed by atoms with Crippen LogP contribution in [0.3, 0.4) is 0 Å². The van der Waals surface area contributed by atoms with E-state index in [0.717, 1.165) is 11.1 Å². The van der Waals surface area contributed by atoms with Gasteiger partial charge in [0.05, 0.1) is 6.04 Å². The molecule has 27 heavy (non-hydrogen) atoms. The lowest BCUT2D eigenvalue weighted by Gasteiger charge is -2.46. The molecule has 0 aliphatic carbocycles. The van der Waals surface area contributed by atoms with Crippen LogP contribution in [0.15, 0.2) is 48.5 Å². The van der Waals surface area contributed by atoms with Crippen molar-refractivity contribution in [3.63, 3.8) is 0 Å². The number of carboxylic acid groups (broad SMARTS) is 1. The van der Waals surface area contributed by atoms with Gasteiger partial charge in [-0.2, -0.15) is 0 Å². The fourth-order valence-electron chi connectivity index (χ4n) is 3.78. The number of halogens is 2. The summed E-state index contributed by atoms with van der Waals surface area (Å²) >= 11 is 0. The van der Waals surface area contributed by atoms with E-state index in [0.29, 0.717) is 19.6 Å². The van der Waals surface area contributed by atoms with Gasteiger partial charge in [-0.3, -0.25) is 4.90 Å². The molecule has 2 aromatic carbocycles. The summed E-state index contributed by atoms with van der Waals surface area (Å²) in [5, 5.41) is 9.38. The normalized spacial score (nSPS) is 18.3. The van der Waals surface area contributed by atoms with Gasteiger partial charge in [0.15, 0.2) is 0 Å². The zero-order valence-corrected chi connectivity index (χ0v) is 15.5. The van der Waals surface area contributed by atoms with Crippen LogP contribution in [-0.4, -0.2) is 46.7 Å². The van der Waals surface area contributed by atoms with Crippen LogP contribution in [-0.2, 0) is 0 Å². The van der Waals surface area contributed by atoms with Crippen LogP contribution < -0.4 is 0 Å². The van der Waals surface area contributed by atoms with Gasteiger partial charge in [-0.25, -0.2) is 13.6 Å². The zero-order valence-electron chi connectivity index (χ0n) is 15.5. The lowest BCUT2D eigenvalue weighted by atomic mass is 9.91. The third-order valence-corrected chi connectivity index (χ3v) is 5.20. The Morgan fingerprint density at radius 3 is 1.85 bits per heavy atom. The first-order valence-corrected chi connectivity index (χ1v) is 9.11. The SMILES string of the molecule is CC(C)[C@H]1CN(C(=O)O)CCN1C(c1ccc(F)cc1)c1ccc(F)cc1. The highest BCUT2D eigenvalue weighted by Crippen LogP contribution is 2.34. The Bertz CT molecular complexity index is 732. The minimum Gasteiger partial charge on any atom is -0.465 e. The second kappa shape index (κ2) is 8.05. The lowest BCUT2D eigenvalue weighted by molar-refractivity contribution is 0.0313. The molecular formula is C21H24F2N2O2. The number of amides is 1. The second-order valence-corrected chi connectivity index (χ2v) is 7.28. The Morgan fingerprint density at radius 2 is 1.44 bits per heavy atom. The van der Waals surface area contributed by atoms with E-state index in [1.54, 1.807) is 24.3 Å². The minimum atomic E-state index is -0.916. The van der Waals surface area contributed by atoms with Crippen molar-refractivity contribution in [2.45, 2.75) is 25.9 Å². The van der Waals surface area contributed by atoms with Crippen molar-refractivity contribution >= 4 is 6.09 Å². The fraction of sp³-hybridized carbons (Fsp3) is 0.381. The molecule has 1 aliphatic rings. The number of rotatable bonds is 4. The van der Waals surface area contributed by atoms with Crippen LogP contribution in [0.2, 0.25) is 0 Å². The summed E-state index contributed by atoms with van der Waals surface area (Å²) in [5.74, 6) is -0.407. The van der Waals surface area contributed by atoms with Crippen LogP contribution in [0.4, 0.5) is 13.6 Å². The standard InChI is InChI=1S/C21H24F2N2O2/c1-14(2)19-13-24(21(26)27)11-12-25(19)20(15-3-7-17(22)8-4-15)16-5-9-18(23)10-6-16/h3-10,14,19-20H,11-13H2,1-2H3,(H,26,27)/t19-/m1/s1. The van der Waals surface area contributed by atoms with Gasteiger partial charge < -0.3 is 10.0 Å². The summed E-state index contributed by atoms with van der Waals surface area (Å²) in [5.41, 5.74) is 1.80. The third-order valence-electron chi connectivity index (χ3n) is 5.20. The molecule has 2 aromatic rings. The molecule has 1 heterocycles. The Hall–Kier alpha value is -2.47. The van der Waals surface area contributed by atoms with Gasteiger partial charge in [0.25, 0.3) is 0 Å². The van der Waals surface area contributed by atoms with Crippen molar-refractivity contribution in [3.05, 3.63) is 71.3 Å². The van der Waals surface area contributed by atoms with Crippen molar-refractivity contribution in [2.75, 3.05) is 19.6 Å². The van der Waals surface area contributed by atoms with Crippen LogP contribution >= 0.6 is 0 Å². The predicted octanol–water partition coefficient (Wildman–Crippen LogP) is 4.37. The first-order chi connectivity index (χ1) is 12.9. The fourth-order valence-corrected chi connectivity index (χ4v) is 3.78. The van der Waals surface area contributed by atoms with Gasteiger partial charge in [-0.1, -0.05) is 38.1 Å². The molecule has 0 bridgehead atoms. The summed E-state index contributed by atoms with van der Waals surface area (Å²) < 4.78 is 26.9. The molecule has 1 N–H and O–H groups in total. The number of nitrogens with zero attached hydrogens (tertiary/aromatic N) is 2. The van der Waals surface area contributed by atoms with E-state index < -0.39 is 6.09 Å². The number of hydrogen-bond donors (Lipinski definition) is 1. The molecule has 0 radical (unpaired) electrons. The van der Waals surface area contributed by atoms with E-state index in [1.807, 2.05) is 0 Å². The molecule has 1 aliphatic heterocycles. The number of hydrogen-bond acceptors (Lipinski definition) is 2.